The van der Waals surface area contributed by atoms with E-state index in [0.717, 1.165) is 15.6 Å². The lowest BCUT2D eigenvalue weighted by Crippen LogP contribution is -2.35. The van der Waals surface area contributed by atoms with Gasteiger partial charge in [0.05, 0.1) is 12.5 Å². The van der Waals surface area contributed by atoms with Gasteiger partial charge in [0.2, 0.25) is 7.37 Å². The van der Waals surface area contributed by atoms with Gasteiger partial charge in [-0.15, -0.1) is 0 Å². The Bertz CT molecular complexity index is 906. The number of nitrogens with one attached hydrogen (secondary N) is 1. The summed E-state index contributed by atoms with van der Waals surface area (Å²) < 4.78 is 24.1. The molecule has 9 heteroatoms. The van der Waals surface area contributed by atoms with Crippen molar-refractivity contribution in [2.24, 2.45) is 5.92 Å². The summed E-state index contributed by atoms with van der Waals surface area (Å²) in [4.78, 5) is 35.1. The Balaban J connectivity index is 1.99. The molecule has 7 nitrogen and oxygen atoms in total. The van der Waals surface area contributed by atoms with Crippen LogP contribution in [0.15, 0.2) is 59.1 Å². The van der Waals surface area contributed by atoms with Crippen molar-refractivity contribution in [2.45, 2.75) is 32.7 Å². The van der Waals surface area contributed by atoms with Gasteiger partial charge in [-0.3, -0.25) is 9.36 Å². The molecule has 2 N–H and O–H groups in total. The zero-order valence-electron chi connectivity index (χ0n) is 17.5. The molecule has 31 heavy (non-hydrogen) atoms. The standard InChI is InChI=1S/C22H27BrNO6P/c1-3-29-21(25)19(13-17-9-11-20(23)12-10-17)15-31(27,28)16(2)24-22(26)30-14-18-7-5-4-6-8-18/h4-12,16,19H,3,13-15H2,1-2H3,(H,24,26)(H,27,28)/t16-,19?/m1/s1. The molecule has 3 atom stereocenters. The molecule has 168 valence electrons. The minimum Gasteiger partial charge on any atom is -0.466 e. The molecular weight excluding hydrogens is 485 g/mol. The van der Waals surface area contributed by atoms with Crippen LogP contribution in [0.25, 0.3) is 0 Å². The summed E-state index contributed by atoms with van der Waals surface area (Å²) >= 11 is 3.36. The molecule has 0 bridgehead atoms. The zero-order valence-corrected chi connectivity index (χ0v) is 20.0. The number of benzene rings is 2. The van der Waals surface area contributed by atoms with Gasteiger partial charge < -0.3 is 19.7 Å². The second-order valence-corrected chi connectivity index (χ2v) is 10.7. The van der Waals surface area contributed by atoms with E-state index in [1.165, 1.54) is 6.92 Å². The van der Waals surface area contributed by atoms with Crippen LogP contribution in [0.3, 0.4) is 0 Å². The first kappa shape index (κ1) is 25.1. The van der Waals surface area contributed by atoms with Crippen molar-refractivity contribution in [1.82, 2.24) is 5.32 Å². The molecule has 0 radical (unpaired) electrons. The lowest BCUT2D eigenvalue weighted by atomic mass is 10.0. The Hall–Kier alpha value is -2.15. The third-order valence-electron chi connectivity index (χ3n) is 4.64. The summed E-state index contributed by atoms with van der Waals surface area (Å²) in [7, 11) is -3.94. The highest BCUT2D eigenvalue weighted by Gasteiger charge is 2.35. The summed E-state index contributed by atoms with van der Waals surface area (Å²) in [6.07, 6.45) is -0.865. The summed E-state index contributed by atoms with van der Waals surface area (Å²) in [5.74, 6) is -2.45. The highest BCUT2D eigenvalue weighted by atomic mass is 79.9. The molecule has 0 saturated heterocycles. The molecule has 0 heterocycles. The maximum Gasteiger partial charge on any atom is 0.408 e. The van der Waals surface area contributed by atoms with Crippen LogP contribution < -0.4 is 5.32 Å². The van der Waals surface area contributed by atoms with Crippen LogP contribution >= 0.6 is 23.3 Å². The number of hydrogen-bond acceptors (Lipinski definition) is 5. The van der Waals surface area contributed by atoms with Crippen molar-refractivity contribution < 1.29 is 28.5 Å². The Labute approximate surface area is 190 Å². The van der Waals surface area contributed by atoms with Crippen molar-refractivity contribution in [3.05, 3.63) is 70.2 Å². The molecule has 0 aliphatic carbocycles. The van der Waals surface area contributed by atoms with Crippen molar-refractivity contribution >= 4 is 35.4 Å². The number of amides is 1. The quantitative estimate of drug-likeness (QED) is 0.353. The molecule has 0 aromatic heterocycles. The SMILES string of the molecule is CCOC(=O)C(Cc1ccc(Br)cc1)CP(=O)(O)[C@H](C)NC(=O)OCc1ccccc1. The molecule has 0 spiro atoms. The molecule has 2 aromatic rings. The van der Waals surface area contributed by atoms with Crippen molar-refractivity contribution in [3.8, 4) is 0 Å². The van der Waals surface area contributed by atoms with Crippen LogP contribution in [0.1, 0.15) is 25.0 Å². The largest absolute Gasteiger partial charge is 0.466 e. The fourth-order valence-electron chi connectivity index (χ4n) is 2.90. The van der Waals surface area contributed by atoms with E-state index < -0.39 is 31.1 Å². The Kier molecular flexibility index (Phi) is 9.75. The zero-order chi connectivity index (χ0) is 22.9. The fraction of sp³-hybridized carbons (Fsp3) is 0.364. The molecule has 2 unspecified atom stereocenters. The number of hydrogen-bond donors (Lipinski definition) is 2. The Morgan fingerprint density at radius 1 is 1.06 bits per heavy atom. The lowest BCUT2D eigenvalue weighted by Gasteiger charge is -2.24. The first-order chi connectivity index (χ1) is 14.7. The third-order valence-corrected chi connectivity index (χ3v) is 7.47. The van der Waals surface area contributed by atoms with Gasteiger partial charge in [-0.05, 0) is 43.5 Å². The molecule has 0 saturated carbocycles. The van der Waals surface area contributed by atoms with Gasteiger partial charge >= 0.3 is 12.1 Å². The number of alkyl carbamates (subject to hydrolysis) is 1. The molecular formula is C22H27BrNO6P. The lowest BCUT2D eigenvalue weighted by molar-refractivity contribution is -0.147. The van der Waals surface area contributed by atoms with Gasteiger partial charge in [-0.25, -0.2) is 4.79 Å². The van der Waals surface area contributed by atoms with Crippen LogP contribution in [0.2, 0.25) is 0 Å². The highest BCUT2D eigenvalue weighted by molar-refractivity contribution is 9.10. The molecule has 0 aliphatic heterocycles. The van der Waals surface area contributed by atoms with Gasteiger partial charge in [-0.1, -0.05) is 58.4 Å². The van der Waals surface area contributed by atoms with Gasteiger partial charge in [0.25, 0.3) is 0 Å². The van der Waals surface area contributed by atoms with E-state index in [0.29, 0.717) is 0 Å². The second-order valence-electron chi connectivity index (χ2n) is 7.10. The van der Waals surface area contributed by atoms with Gasteiger partial charge in [0, 0.05) is 10.6 Å². The number of esters is 1. The average molecular weight is 512 g/mol. The van der Waals surface area contributed by atoms with Crippen molar-refractivity contribution in [3.63, 3.8) is 0 Å². The van der Waals surface area contributed by atoms with Crippen LogP contribution in [-0.4, -0.2) is 35.5 Å². The number of ether oxygens (including phenoxy) is 2. The maximum atomic E-state index is 13.0. The molecule has 0 aliphatic rings. The molecule has 2 aromatic carbocycles. The predicted octanol–water partition coefficient (Wildman–Crippen LogP) is 4.71. The second kappa shape index (κ2) is 12.0. The van der Waals surface area contributed by atoms with E-state index >= 15 is 0 Å². The van der Waals surface area contributed by atoms with E-state index in [1.54, 1.807) is 19.1 Å². The molecule has 1 amide bonds. The smallest absolute Gasteiger partial charge is 0.408 e. The van der Waals surface area contributed by atoms with E-state index in [4.69, 9.17) is 9.47 Å². The summed E-state index contributed by atoms with van der Waals surface area (Å²) in [6.45, 7) is 3.32. The maximum absolute atomic E-state index is 13.0. The fourth-order valence-corrected chi connectivity index (χ4v) is 4.70. The van der Waals surface area contributed by atoms with Gasteiger partial charge in [0.1, 0.15) is 12.4 Å². The monoisotopic (exact) mass is 511 g/mol. The number of carbonyl (C=O) groups excluding carboxylic acids is 2. The highest BCUT2D eigenvalue weighted by Crippen LogP contribution is 2.47. The topological polar surface area (TPSA) is 102 Å². The van der Waals surface area contributed by atoms with Crippen LogP contribution in [0, 0.1) is 5.92 Å². The molecule has 2 rings (SSSR count). The normalized spacial score (nSPS) is 14.7. The first-order valence-electron chi connectivity index (χ1n) is 9.91. The summed E-state index contributed by atoms with van der Waals surface area (Å²) in [5, 5.41) is 2.41. The Morgan fingerprint density at radius 3 is 2.32 bits per heavy atom. The van der Waals surface area contributed by atoms with E-state index in [2.05, 4.69) is 21.2 Å². The van der Waals surface area contributed by atoms with E-state index in [-0.39, 0.29) is 25.8 Å². The number of halogens is 1. The number of carbonyl (C=O) groups is 2. The summed E-state index contributed by atoms with van der Waals surface area (Å²) in [6, 6.07) is 16.4. The van der Waals surface area contributed by atoms with Gasteiger partial charge in [-0.2, -0.15) is 0 Å². The predicted molar refractivity (Wildman–Crippen MR) is 122 cm³/mol. The number of rotatable bonds is 10. The first-order valence-corrected chi connectivity index (χ1v) is 12.6. The van der Waals surface area contributed by atoms with Crippen LogP contribution in [0.4, 0.5) is 4.79 Å². The minimum atomic E-state index is -3.94. The van der Waals surface area contributed by atoms with E-state index in [1.807, 2.05) is 42.5 Å². The third kappa shape index (κ3) is 8.48. The van der Waals surface area contributed by atoms with Crippen LogP contribution in [-0.2, 0) is 31.9 Å². The van der Waals surface area contributed by atoms with E-state index in [9.17, 15) is 19.0 Å². The average Bonchev–Trinajstić information content (AvgIpc) is 2.74. The van der Waals surface area contributed by atoms with Crippen molar-refractivity contribution in [1.29, 1.82) is 0 Å². The molecule has 0 fully saturated rings. The minimum absolute atomic E-state index is 0.0458. The van der Waals surface area contributed by atoms with Gasteiger partial charge in [0.15, 0.2) is 0 Å². The van der Waals surface area contributed by atoms with Crippen LogP contribution in [0.5, 0.6) is 0 Å². The van der Waals surface area contributed by atoms with Crippen molar-refractivity contribution in [2.75, 3.05) is 12.8 Å². The Morgan fingerprint density at radius 2 is 1.71 bits per heavy atom. The summed E-state index contributed by atoms with van der Waals surface area (Å²) in [5.41, 5.74) is 1.64.